The molecular weight excluding hydrogens is 186 g/mol. The second kappa shape index (κ2) is 3.74. The Hall–Kier alpha value is -0.0800. The molecule has 0 amide bonds. The van der Waals surface area contributed by atoms with E-state index in [0.717, 1.165) is 19.1 Å². The van der Waals surface area contributed by atoms with Crippen LogP contribution in [0.4, 0.5) is 0 Å². The number of rotatable bonds is 4. The molecule has 0 aromatic heterocycles. The van der Waals surface area contributed by atoms with Gasteiger partial charge in [-0.3, -0.25) is 0 Å². The first-order chi connectivity index (χ1) is 7.02. The van der Waals surface area contributed by atoms with Gasteiger partial charge in [-0.1, -0.05) is 20.8 Å². The van der Waals surface area contributed by atoms with Crippen molar-refractivity contribution in [1.82, 2.24) is 5.32 Å². The number of ether oxygens (including phenoxy) is 1. The van der Waals surface area contributed by atoms with Gasteiger partial charge < -0.3 is 10.1 Å². The summed E-state index contributed by atoms with van der Waals surface area (Å²) in [7, 11) is 1.98. The predicted octanol–water partition coefficient (Wildman–Crippen LogP) is 2.44. The SMILES string of the molecule is CNCCOC1CC2CCC1(C)C2(C)C. The molecule has 0 heterocycles. The van der Waals surface area contributed by atoms with E-state index < -0.39 is 0 Å². The van der Waals surface area contributed by atoms with Gasteiger partial charge in [0.05, 0.1) is 12.7 Å². The summed E-state index contributed by atoms with van der Waals surface area (Å²) in [5.41, 5.74) is 0.905. The zero-order valence-electron chi connectivity index (χ0n) is 10.6. The number of hydrogen-bond acceptors (Lipinski definition) is 2. The molecule has 1 N–H and O–H groups in total. The minimum Gasteiger partial charge on any atom is -0.376 e. The first kappa shape index (κ1) is 11.4. The predicted molar refractivity (Wildman–Crippen MR) is 62.9 cm³/mol. The van der Waals surface area contributed by atoms with Crippen molar-refractivity contribution in [2.75, 3.05) is 20.2 Å². The molecule has 15 heavy (non-hydrogen) atoms. The van der Waals surface area contributed by atoms with Gasteiger partial charge in [0.1, 0.15) is 0 Å². The van der Waals surface area contributed by atoms with Crippen LogP contribution >= 0.6 is 0 Å². The van der Waals surface area contributed by atoms with Crippen molar-refractivity contribution in [2.45, 2.75) is 46.1 Å². The van der Waals surface area contributed by atoms with Gasteiger partial charge in [-0.25, -0.2) is 0 Å². The van der Waals surface area contributed by atoms with Gasteiger partial charge in [0.25, 0.3) is 0 Å². The summed E-state index contributed by atoms with van der Waals surface area (Å²) in [5.74, 6) is 0.891. The topological polar surface area (TPSA) is 21.3 Å². The fraction of sp³-hybridized carbons (Fsp3) is 1.00. The van der Waals surface area contributed by atoms with E-state index >= 15 is 0 Å². The molecule has 2 aliphatic carbocycles. The standard InChI is InChI=1S/C13H25NO/c1-12(2)10-5-6-13(12,3)11(9-10)15-8-7-14-4/h10-11,14H,5-9H2,1-4H3. The lowest BCUT2D eigenvalue weighted by atomic mass is 9.70. The minimum absolute atomic E-state index is 0.422. The van der Waals surface area contributed by atoms with Gasteiger partial charge in [-0.15, -0.1) is 0 Å². The summed E-state index contributed by atoms with van der Waals surface area (Å²) >= 11 is 0. The Morgan fingerprint density at radius 1 is 1.33 bits per heavy atom. The van der Waals surface area contributed by atoms with E-state index in [4.69, 9.17) is 4.74 Å². The zero-order chi connectivity index (χ0) is 11.1. The van der Waals surface area contributed by atoms with E-state index in [-0.39, 0.29) is 0 Å². The smallest absolute Gasteiger partial charge is 0.0637 e. The first-order valence-corrected chi connectivity index (χ1v) is 6.28. The summed E-state index contributed by atoms with van der Waals surface area (Å²) in [6.07, 6.45) is 4.55. The van der Waals surface area contributed by atoms with Crippen LogP contribution in [-0.2, 0) is 4.74 Å². The largest absolute Gasteiger partial charge is 0.376 e. The molecule has 2 saturated carbocycles. The zero-order valence-corrected chi connectivity index (χ0v) is 10.6. The van der Waals surface area contributed by atoms with Crippen LogP contribution in [-0.4, -0.2) is 26.3 Å². The van der Waals surface area contributed by atoms with Crippen LogP contribution in [0, 0.1) is 16.7 Å². The summed E-state index contributed by atoms with van der Waals surface area (Å²) in [6, 6.07) is 0. The second-order valence-electron chi connectivity index (χ2n) is 6.07. The van der Waals surface area contributed by atoms with Crippen LogP contribution in [0.25, 0.3) is 0 Å². The van der Waals surface area contributed by atoms with Crippen molar-refractivity contribution in [3.63, 3.8) is 0 Å². The Morgan fingerprint density at radius 3 is 2.53 bits per heavy atom. The Morgan fingerprint density at radius 2 is 2.07 bits per heavy atom. The molecule has 88 valence electrons. The summed E-state index contributed by atoms with van der Waals surface area (Å²) in [4.78, 5) is 0. The van der Waals surface area contributed by atoms with Crippen LogP contribution in [0.15, 0.2) is 0 Å². The second-order valence-corrected chi connectivity index (χ2v) is 6.07. The molecule has 0 aromatic carbocycles. The fourth-order valence-corrected chi connectivity index (χ4v) is 3.69. The normalized spacial score (nSPS) is 42.4. The number of hydrogen-bond donors (Lipinski definition) is 1. The molecule has 2 bridgehead atoms. The van der Waals surface area contributed by atoms with E-state index in [1.54, 1.807) is 0 Å². The Labute approximate surface area is 93.8 Å². The quantitative estimate of drug-likeness (QED) is 0.721. The Kier molecular flexibility index (Phi) is 2.85. The maximum atomic E-state index is 6.05. The molecule has 2 fully saturated rings. The first-order valence-electron chi connectivity index (χ1n) is 6.28. The monoisotopic (exact) mass is 211 g/mol. The highest BCUT2D eigenvalue weighted by molar-refractivity contribution is 5.11. The van der Waals surface area contributed by atoms with E-state index in [9.17, 15) is 0 Å². The average molecular weight is 211 g/mol. The van der Waals surface area contributed by atoms with Crippen LogP contribution in [0.2, 0.25) is 0 Å². The molecular formula is C13H25NO. The lowest BCUT2D eigenvalue weighted by molar-refractivity contribution is -0.0446. The van der Waals surface area contributed by atoms with E-state index in [0.29, 0.717) is 16.9 Å². The van der Waals surface area contributed by atoms with Crippen molar-refractivity contribution in [3.05, 3.63) is 0 Å². The highest BCUT2D eigenvalue weighted by Crippen LogP contribution is 2.66. The third kappa shape index (κ3) is 1.53. The third-order valence-electron chi connectivity index (χ3n) is 5.39. The molecule has 0 saturated heterocycles. The Bertz CT molecular complexity index is 239. The minimum atomic E-state index is 0.422. The van der Waals surface area contributed by atoms with Gasteiger partial charge in [-0.2, -0.15) is 0 Å². The highest BCUT2D eigenvalue weighted by Gasteiger charge is 2.61. The molecule has 0 spiro atoms. The van der Waals surface area contributed by atoms with Crippen molar-refractivity contribution < 1.29 is 4.74 Å². The maximum Gasteiger partial charge on any atom is 0.0637 e. The van der Waals surface area contributed by atoms with Gasteiger partial charge >= 0.3 is 0 Å². The van der Waals surface area contributed by atoms with Crippen molar-refractivity contribution in [1.29, 1.82) is 0 Å². The molecule has 2 aliphatic rings. The molecule has 0 aliphatic heterocycles. The van der Waals surface area contributed by atoms with Gasteiger partial charge in [0, 0.05) is 6.54 Å². The number of nitrogens with one attached hydrogen (secondary N) is 1. The summed E-state index contributed by atoms with van der Waals surface area (Å²) < 4.78 is 6.05. The van der Waals surface area contributed by atoms with Crippen molar-refractivity contribution in [3.8, 4) is 0 Å². The molecule has 2 nitrogen and oxygen atoms in total. The van der Waals surface area contributed by atoms with E-state index in [1.807, 2.05) is 7.05 Å². The fourth-order valence-electron chi connectivity index (χ4n) is 3.69. The van der Waals surface area contributed by atoms with Gasteiger partial charge in [-0.05, 0) is 43.1 Å². The highest BCUT2D eigenvalue weighted by atomic mass is 16.5. The van der Waals surface area contributed by atoms with E-state index in [2.05, 4.69) is 26.1 Å². The van der Waals surface area contributed by atoms with Crippen LogP contribution in [0.5, 0.6) is 0 Å². The van der Waals surface area contributed by atoms with Gasteiger partial charge in [0.2, 0.25) is 0 Å². The molecule has 0 aromatic rings. The van der Waals surface area contributed by atoms with Crippen molar-refractivity contribution in [2.24, 2.45) is 16.7 Å². The maximum absolute atomic E-state index is 6.05. The lowest BCUT2D eigenvalue weighted by Gasteiger charge is -2.38. The summed E-state index contributed by atoms with van der Waals surface area (Å²) in [5, 5.41) is 3.14. The van der Waals surface area contributed by atoms with Gasteiger partial charge in [0.15, 0.2) is 0 Å². The lowest BCUT2D eigenvalue weighted by Crippen LogP contribution is -2.38. The Balaban J connectivity index is 1.99. The summed E-state index contributed by atoms with van der Waals surface area (Å²) in [6.45, 7) is 9.14. The number of likely N-dealkylation sites (N-methyl/N-ethyl adjacent to an activating group) is 1. The average Bonchev–Trinajstić information content (AvgIpc) is 2.51. The van der Waals surface area contributed by atoms with Crippen LogP contribution in [0.1, 0.15) is 40.0 Å². The molecule has 2 rings (SSSR count). The molecule has 3 unspecified atom stereocenters. The molecule has 3 atom stereocenters. The van der Waals surface area contributed by atoms with E-state index in [1.165, 1.54) is 19.3 Å². The van der Waals surface area contributed by atoms with Crippen LogP contribution < -0.4 is 5.32 Å². The number of fused-ring (bicyclic) bond motifs is 2. The van der Waals surface area contributed by atoms with Crippen molar-refractivity contribution >= 4 is 0 Å². The molecule has 2 heteroatoms. The third-order valence-corrected chi connectivity index (χ3v) is 5.39. The molecule has 0 radical (unpaired) electrons. The van der Waals surface area contributed by atoms with Crippen LogP contribution in [0.3, 0.4) is 0 Å².